The van der Waals surface area contributed by atoms with Crippen molar-refractivity contribution < 1.29 is 0 Å². The third-order valence-corrected chi connectivity index (χ3v) is 3.73. The molecule has 0 fully saturated rings. The summed E-state index contributed by atoms with van der Waals surface area (Å²) in [5.41, 5.74) is 4.89. The SMILES string of the molecule is CCNCc1nn(Cc2ccc(C)cc2)c2ccccc12. The van der Waals surface area contributed by atoms with Gasteiger partial charge in [0.1, 0.15) is 0 Å². The molecule has 0 aliphatic heterocycles. The molecule has 108 valence electrons. The Kier molecular flexibility index (Phi) is 4.02. The molecule has 0 saturated heterocycles. The van der Waals surface area contributed by atoms with Crippen LogP contribution in [0.4, 0.5) is 0 Å². The first-order chi connectivity index (χ1) is 10.3. The van der Waals surface area contributed by atoms with Crippen molar-refractivity contribution >= 4 is 10.9 Å². The summed E-state index contributed by atoms with van der Waals surface area (Å²) in [4.78, 5) is 0. The lowest BCUT2D eigenvalue weighted by atomic mass is 10.1. The molecule has 1 aromatic heterocycles. The van der Waals surface area contributed by atoms with Gasteiger partial charge in [-0.15, -0.1) is 0 Å². The second-order valence-electron chi connectivity index (χ2n) is 5.39. The van der Waals surface area contributed by atoms with Gasteiger partial charge in [-0.2, -0.15) is 5.10 Å². The van der Waals surface area contributed by atoms with E-state index in [1.165, 1.54) is 22.0 Å². The Morgan fingerprint density at radius 1 is 1.05 bits per heavy atom. The van der Waals surface area contributed by atoms with E-state index in [0.717, 1.165) is 25.3 Å². The number of aromatic nitrogens is 2. The van der Waals surface area contributed by atoms with Gasteiger partial charge in [-0.05, 0) is 25.1 Å². The Morgan fingerprint density at radius 3 is 2.57 bits per heavy atom. The Labute approximate surface area is 125 Å². The molecule has 1 heterocycles. The number of benzene rings is 2. The highest BCUT2D eigenvalue weighted by molar-refractivity contribution is 5.82. The summed E-state index contributed by atoms with van der Waals surface area (Å²) in [5.74, 6) is 0. The molecule has 3 nitrogen and oxygen atoms in total. The first kappa shape index (κ1) is 13.8. The van der Waals surface area contributed by atoms with Gasteiger partial charge in [0, 0.05) is 11.9 Å². The Morgan fingerprint density at radius 2 is 1.81 bits per heavy atom. The molecule has 0 unspecified atom stereocenters. The number of aryl methyl sites for hydroxylation is 1. The van der Waals surface area contributed by atoms with Crippen LogP contribution >= 0.6 is 0 Å². The topological polar surface area (TPSA) is 29.9 Å². The Hall–Kier alpha value is -2.13. The number of fused-ring (bicyclic) bond motifs is 1. The number of rotatable bonds is 5. The summed E-state index contributed by atoms with van der Waals surface area (Å²) in [6.45, 7) is 6.82. The van der Waals surface area contributed by atoms with E-state index >= 15 is 0 Å². The molecule has 0 spiro atoms. The zero-order chi connectivity index (χ0) is 14.7. The first-order valence-corrected chi connectivity index (χ1v) is 7.48. The first-order valence-electron chi connectivity index (χ1n) is 7.48. The van der Waals surface area contributed by atoms with Gasteiger partial charge >= 0.3 is 0 Å². The predicted octanol–water partition coefficient (Wildman–Crippen LogP) is 3.50. The summed E-state index contributed by atoms with van der Waals surface area (Å²) < 4.78 is 2.10. The third kappa shape index (κ3) is 2.98. The minimum atomic E-state index is 0.812. The molecular weight excluding hydrogens is 258 g/mol. The van der Waals surface area contributed by atoms with Gasteiger partial charge in [-0.25, -0.2) is 0 Å². The molecule has 0 atom stereocenters. The van der Waals surface area contributed by atoms with Crippen LogP contribution in [-0.2, 0) is 13.1 Å². The second-order valence-corrected chi connectivity index (χ2v) is 5.39. The third-order valence-electron chi connectivity index (χ3n) is 3.73. The molecule has 0 bridgehead atoms. The fraction of sp³-hybridized carbons (Fsp3) is 0.278. The average Bonchev–Trinajstić information content (AvgIpc) is 2.86. The largest absolute Gasteiger partial charge is 0.311 e. The van der Waals surface area contributed by atoms with Gasteiger partial charge in [-0.3, -0.25) is 4.68 Å². The van der Waals surface area contributed by atoms with E-state index in [1.807, 2.05) is 0 Å². The maximum atomic E-state index is 4.80. The van der Waals surface area contributed by atoms with Crippen molar-refractivity contribution in [2.45, 2.75) is 26.9 Å². The maximum absolute atomic E-state index is 4.80. The molecular formula is C18H21N3. The lowest BCUT2D eigenvalue weighted by molar-refractivity contribution is 0.657. The molecule has 0 radical (unpaired) electrons. The number of nitrogens with zero attached hydrogens (tertiary/aromatic N) is 2. The van der Waals surface area contributed by atoms with E-state index in [4.69, 9.17) is 5.10 Å². The van der Waals surface area contributed by atoms with Crippen LogP contribution in [0, 0.1) is 6.92 Å². The van der Waals surface area contributed by atoms with Gasteiger partial charge in [0.2, 0.25) is 0 Å². The molecule has 3 aromatic rings. The summed E-state index contributed by atoms with van der Waals surface area (Å²) in [5, 5.41) is 9.41. The van der Waals surface area contributed by atoms with Crippen molar-refractivity contribution in [1.29, 1.82) is 0 Å². The van der Waals surface area contributed by atoms with Gasteiger partial charge in [0.15, 0.2) is 0 Å². The lowest BCUT2D eigenvalue weighted by Gasteiger charge is -2.04. The zero-order valence-electron chi connectivity index (χ0n) is 12.6. The fourth-order valence-corrected chi connectivity index (χ4v) is 2.56. The van der Waals surface area contributed by atoms with Crippen LogP contribution in [0.1, 0.15) is 23.7 Å². The van der Waals surface area contributed by atoms with Crippen molar-refractivity contribution in [2.24, 2.45) is 0 Å². The number of hydrogen-bond donors (Lipinski definition) is 1. The predicted molar refractivity (Wildman–Crippen MR) is 87.4 cm³/mol. The Balaban J connectivity index is 1.96. The van der Waals surface area contributed by atoms with Gasteiger partial charge in [-0.1, -0.05) is 55.0 Å². The minimum absolute atomic E-state index is 0.812. The highest BCUT2D eigenvalue weighted by atomic mass is 15.3. The number of nitrogens with one attached hydrogen (secondary N) is 1. The molecule has 21 heavy (non-hydrogen) atoms. The molecule has 3 heteroatoms. The van der Waals surface area contributed by atoms with E-state index in [0.29, 0.717) is 0 Å². The van der Waals surface area contributed by atoms with Crippen LogP contribution in [0.3, 0.4) is 0 Å². The normalized spacial score (nSPS) is 11.1. The molecule has 0 saturated carbocycles. The highest BCUT2D eigenvalue weighted by Gasteiger charge is 2.09. The quantitative estimate of drug-likeness (QED) is 0.774. The summed E-state index contributed by atoms with van der Waals surface area (Å²) in [7, 11) is 0. The van der Waals surface area contributed by atoms with Crippen LogP contribution < -0.4 is 5.32 Å². The summed E-state index contributed by atoms with van der Waals surface area (Å²) in [6.07, 6.45) is 0. The van der Waals surface area contributed by atoms with Gasteiger partial charge in [0.25, 0.3) is 0 Å². The van der Waals surface area contributed by atoms with Crippen LogP contribution in [0.2, 0.25) is 0 Å². The van der Waals surface area contributed by atoms with Crippen LogP contribution in [0.5, 0.6) is 0 Å². The summed E-state index contributed by atoms with van der Waals surface area (Å²) in [6, 6.07) is 17.1. The van der Waals surface area contributed by atoms with Gasteiger partial charge < -0.3 is 5.32 Å². The molecule has 0 aliphatic rings. The van der Waals surface area contributed by atoms with E-state index < -0.39 is 0 Å². The second kappa shape index (κ2) is 6.10. The molecule has 0 amide bonds. The molecule has 1 N–H and O–H groups in total. The maximum Gasteiger partial charge on any atom is 0.0841 e. The van der Waals surface area contributed by atoms with Crippen molar-refractivity contribution in [3.05, 3.63) is 65.4 Å². The number of hydrogen-bond acceptors (Lipinski definition) is 2. The Bertz CT molecular complexity index is 726. The van der Waals surface area contributed by atoms with Crippen LogP contribution in [0.25, 0.3) is 10.9 Å². The van der Waals surface area contributed by atoms with Crippen molar-refractivity contribution in [3.8, 4) is 0 Å². The minimum Gasteiger partial charge on any atom is -0.311 e. The van der Waals surface area contributed by atoms with Crippen molar-refractivity contribution in [3.63, 3.8) is 0 Å². The number of para-hydroxylation sites is 1. The molecule has 2 aromatic carbocycles. The standard InChI is InChI=1S/C18H21N3/c1-3-19-12-17-16-6-4-5-7-18(16)21(20-17)13-15-10-8-14(2)9-11-15/h4-11,19H,3,12-13H2,1-2H3. The zero-order valence-corrected chi connectivity index (χ0v) is 12.6. The van der Waals surface area contributed by atoms with Crippen molar-refractivity contribution in [2.75, 3.05) is 6.54 Å². The van der Waals surface area contributed by atoms with E-state index in [-0.39, 0.29) is 0 Å². The summed E-state index contributed by atoms with van der Waals surface area (Å²) >= 11 is 0. The van der Waals surface area contributed by atoms with E-state index in [1.54, 1.807) is 0 Å². The van der Waals surface area contributed by atoms with Crippen molar-refractivity contribution in [1.82, 2.24) is 15.1 Å². The van der Waals surface area contributed by atoms with Crippen LogP contribution in [0.15, 0.2) is 48.5 Å². The van der Waals surface area contributed by atoms with Gasteiger partial charge in [0.05, 0.1) is 17.8 Å². The monoisotopic (exact) mass is 279 g/mol. The molecule has 0 aliphatic carbocycles. The van der Waals surface area contributed by atoms with Crippen LogP contribution in [-0.4, -0.2) is 16.3 Å². The molecule has 3 rings (SSSR count). The average molecular weight is 279 g/mol. The lowest BCUT2D eigenvalue weighted by Crippen LogP contribution is -2.13. The fourth-order valence-electron chi connectivity index (χ4n) is 2.56. The smallest absolute Gasteiger partial charge is 0.0841 e. The van der Waals surface area contributed by atoms with E-state index in [2.05, 4.69) is 72.4 Å². The highest BCUT2D eigenvalue weighted by Crippen LogP contribution is 2.19. The van der Waals surface area contributed by atoms with E-state index in [9.17, 15) is 0 Å².